The van der Waals surface area contributed by atoms with Crippen molar-refractivity contribution in [1.29, 1.82) is 0 Å². The van der Waals surface area contributed by atoms with Gasteiger partial charge in [0.1, 0.15) is 17.2 Å². The van der Waals surface area contributed by atoms with Crippen molar-refractivity contribution < 1.29 is 43.3 Å². The van der Waals surface area contributed by atoms with Crippen LogP contribution in [0.1, 0.15) is 60.7 Å². The smallest absolute Gasteiger partial charge is 0.356 e. The Morgan fingerprint density at radius 3 is 2.16 bits per heavy atom. The largest absolute Gasteiger partial charge is 0.465 e. The molecule has 1 atom stereocenters. The molecule has 32 heavy (non-hydrogen) atoms. The summed E-state index contributed by atoms with van der Waals surface area (Å²) in [4.78, 5) is 66.5. The number of esters is 3. The van der Waals surface area contributed by atoms with Crippen molar-refractivity contribution in [2.45, 2.75) is 18.9 Å². The van der Waals surface area contributed by atoms with Crippen molar-refractivity contribution in [3.8, 4) is 11.3 Å². The van der Waals surface area contributed by atoms with E-state index < -0.39 is 47.2 Å². The van der Waals surface area contributed by atoms with Gasteiger partial charge in [0.05, 0.1) is 38.3 Å². The van der Waals surface area contributed by atoms with Gasteiger partial charge in [0.2, 0.25) is 5.78 Å². The highest BCUT2D eigenvalue weighted by Gasteiger charge is 2.50. The summed E-state index contributed by atoms with van der Waals surface area (Å²) in [5.74, 6) is -4.09. The number of carbonyl (C=O) groups excluding carboxylic acids is 5. The van der Waals surface area contributed by atoms with Crippen molar-refractivity contribution in [1.82, 2.24) is 9.55 Å². The average molecular weight is 444 g/mol. The lowest BCUT2D eigenvalue weighted by molar-refractivity contribution is -0.121. The maximum atomic E-state index is 13.4. The summed E-state index contributed by atoms with van der Waals surface area (Å²) >= 11 is 0. The van der Waals surface area contributed by atoms with E-state index in [1.165, 1.54) is 17.7 Å². The van der Waals surface area contributed by atoms with Crippen LogP contribution >= 0.6 is 0 Å². The first kappa shape index (κ1) is 22.8. The van der Waals surface area contributed by atoms with E-state index in [0.29, 0.717) is 0 Å². The lowest BCUT2D eigenvalue weighted by atomic mass is 9.76. The fourth-order valence-electron chi connectivity index (χ4n) is 3.80. The first-order chi connectivity index (χ1) is 15.0. The van der Waals surface area contributed by atoms with E-state index in [2.05, 4.69) is 9.72 Å². The Kier molecular flexibility index (Phi) is 5.71. The van der Waals surface area contributed by atoms with Gasteiger partial charge in [0.15, 0.2) is 5.60 Å². The lowest BCUT2D eigenvalue weighted by Crippen LogP contribution is -2.42. The van der Waals surface area contributed by atoms with Crippen LogP contribution in [0.3, 0.4) is 0 Å². The summed E-state index contributed by atoms with van der Waals surface area (Å²) in [6, 6.07) is 2.29. The van der Waals surface area contributed by atoms with Crippen LogP contribution in [0.5, 0.6) is 0 Å². The Morgan fingerprint density at radius 2 is 1.62 bits per heavy atom. The third kappa shape index (κ3) is 3.26. The SMILES string of the molecule is COC(=O)c1cc(C(=O)OC)c2c(n1)C(O)(CC(C)=O)C(=O)c1cc(C(=O)OC)n(C)c1-2. The third-order valence-corrected chi connectivity index (χ3v) is 5.20. The second-order valence-electron chi connectivity index (χ2n) is 7.17. The van der Waals surface area contributed by atoms with Gasteiger partial charge in [-0.3, -0.25) is 9.59 Å². The number of ether oxygens (including phenoxy) is 3. The van der Waals surface area contributed by atoms with E-state index in [4.69, 9.17) is 9.47 Å². The molecule has 2 heterocycles. The zero-order chi connectivity index (χ0) is 24.0. The normalized spacial score (nSPS) is 16.6. The highest BCUT2D eigenvalue weighted by atomic mass is 16.5. The number of fused-ring (bicyclic) bond motifs is 3. The molecule has 2 aromatic heterocycles. The molecule has 0 amide bonds. The molecule has 0 aliphatic heterocycles. The Balaban J connectivity index is 2.53. The van der Waals surface area contributed by atoms with E-state index in [-0.39, 0.29) is 33.8 Å². The van der Waals surface area contributed by atoms with Crippen molar-refractivity contribution >= 4 is 29.5 Å². The van der Waals surface area contributed by atoms with Crippen LogP contribution in [0.25, 0.3) is 11.3 Å². The zero-order valence-corrected chi connectivity index (χ0v) is 18.0. The van der Waals surface area contributed by atoms with Crippen molar-refractivity contribution in [3.05, 3.63) is 40.3 Å². The van der Waals surface area contributed by atoms with Gasteiger partial charge >= 0.3 is 17.9 Å². The van der Waals surface area contributed by atoms with Crippen LogP contribution < -0.4 is 0 Å². The second-order valence-corrected chi connectivity index (χ2v) is 7.17. The first-order valence-corrected chi connectivity index (χ1v) is 9.28. The Labute approximate surface area is 181 Å². The van der Waals surface area contributed by atoms with Gasteiger partial charge < -0.3 is 23.9 Å². The summed E-state index contributed by atoms with van der Waals surface area (Å²) in [6.45, 7) is 1.16. The minimum absolute atomic E-state index is 0.0447. The van der Waals surface area contributed by atoms with Gasteiger partial charge in [0.25, 0.3) is 0 Å². The molecule has 1 unspecified atom stereocenters. The fourth-order valence-corrected chi connectivity index (χ4v) is 3.80. The number of rotatable bonds is 5. The van der Waals surface area contributed by atoms with Gasteiger partial charge in [-0.25, -0.2) is 19.4 Å². The maximum Gasteiger partial charge on any atom is 0.356 e. The van der Waals surface area contributed by atoms with Crippen LogP contribution in [0.15, 0.2) is 12.1 Å². The monoisotopic (exact) mass is 444 g/mol. The van der Waals surface area contributed by atoms with Gasteiger partial charge in [-0.1, -0.05) is 0 Å². The molecule has 0 spiro atoms. The molecule has 0 bridgehead atoms. The molecule has 3 rings (SSSR count). The minimum Gasteiger partial charge on any atom is -0.465 e. The van der Waals surface area contributed by atoms with E-state index in [1.54, 1.807) is 0 Å². The number of hydrogen-bond donors (Lipinski definition) is 1. The molecule has 1 aliphatic rings. The molecule has 1 aliphatic carbocycles. The molecule has 0 aromatic carbocycles. The van der Waals surface area contributed by atoms with Crippen molar-refractivity contribution in [2.24, 2.45) is 7.05 Å². The number of aromatic nitrogens is 2. The highest BCUT2D eigenvalue weighted by Crippen LogP contribution is 2.46. The number of nitrogens with zero attached hydrogens (tertiary/aromatic N) is 2. The summed E-state index contributed by atoms with van der Waals surface area (Å²) in [6.07, 6.45) is -0.682. The molecule has 11 heteroatoms. The standard InChI is InChI=1S/C21H20N2O9/c1-9(24)8-21(29)16-14(10(18(26)30-3)6-12(22-16)19(27)31-4)15-11(17(21)25)7-13(23(15)2)20(28)32-5/h6-7,29H,8H2,1-5H3. The quantitative estimate of drug-likeness (QED) is 0.518. The van der Waals surface area contributed by atoms with Crippen molar-refractivity contribution in [3.63, 3.8) is 0 Å². The Hall–Kier alpha value is -3.86. The number of pyridine rings is 1. The summed E-state index contributed by atoms with van der Waals surface area (Å²) in [5.41, 5.74) is -3.65. The number of aliphatic hydroxyl groups is 1. The number of ketones is 2. The van der Waals surface area contributed by atoms with Crippen LogP contribution in [-0.4, -0.2) is 65.5 Å². The Bertz CT molecular complexity index is 1190. The second kappa shape index (κ2) is 8.00. The molecule has 0 fully saturated rings. The van der Waals surface area contributed by atoms with Gasteiger partial charge in [0, 0.05) is 24.6 Å². The van der Waals surface area contributed by atoms with Crippen LogP contribution in [-0.2, 0) is 31.7 Å². The highest BCUT2D eigenvalue weighted by molar-refractivity contribution is 6.16. The van der Waals surface area contributed by atoms with E-state index in [0.717, 1.165) is 34.3 Å². The molecule has 11 nitrogen and oxygen atoms in total. The Morgan fingerprint density at radius 1 is 1.03 bits per heavy atom. The maximum absolute atomic E-state index is 13.4. The molecule has 2 aromatic rings. The molecule has 0 radical (unpaired) electrons. The lowest BCUT2D eigenvalue weighted by Gasteiger charge is -2.32. The summed E-state index contributed by atoms with van der Waals surface area (Å²) in [7, 11) is 4.80. The molecule has 1 N–H and O–H groups in total. The minimum atomic E-state index is -2.50. The van der Waals surface area contributed by atoms with Crippen LogP contribution in [0.4, 0.5) is 0 Å². The van der Waals surface area contributed by atoms with E-state index in [1.807, 2.05) is 0 Å². The fraction of sp³-hybridized carbons (Fsp3) is 0.333. The molecule has 0 saturated heterocycles. The molecular formula is C21H20N2O9. The third-order valence-electron chi connectivity index (χ3n) is 5.20. The summed E-state index contributed by atoms with van der Waals surface area (Å²) in [5, 5.41) is 11.4. The first-order valence-electron chi connectivity index (χ1n) is 9.28. The number of carbonyl (C=O) groups is 5. The van der Waals surface area contributed by atoms with Gasteiger partial charge in [-0.05, 0) is 19.1 Å². The average Bonchev–Trinajstić information content (AvgIpc) is 3.11. The molecule has 0 saturated carbocycles. The van der Waals surface area contributed by atoms with E-state index >= 15 is 0 Å². The number of methoxy groups -OCH3 is 3. The van der Waals surface area contributed by atoms with Crippen LogP contribution in [0, 0.1) is 0 Å². The topological polar surface area (TPSA) is 151 Å². The van der Waals surface area contributed by atoms with Gasteiger partial charge in [-0.15, -0.1) is 0 Å². The molecular weight excluding hydrogens is 424 g/mol. The van der Waals surface area contributed by atoms with Gasteiger partial charge in [-0.2, -0.15) is 0 Å². The predicted molar refractivity (Wildman–Crippen MR) is 106 cm³/mol. The van der Waals surface area contributed by atoms with Crippen molar-refractivity contribution in [2.75, 3.05) is 21.3 Å². The summed E-state index contributed by atoms with van der Waals surface area (Å²) < 4.78 is 15.5. The predicted octanol–water partition coefficient (Wildman–Crippen LogP) is 0.810. The van der Waals surface area contributed by atoms with Crippen LogP contribution in [0.2, 0.25) is 0 Å². The molecule has 168 valence electrons. The van der Waals surface area contributed by atoms with E-state index in [9.17, 15) is 29.1 Å². The zero-order valence-electron chi connectivity index (χ0n) is 18.0. The number of Topliss-reactive ketones (excluding diaryl/α,β-unsaturated/α-hetero) is 2. The number of hydrogen-bond acceptors (Lipinski definition) is 10.